The second-order valence-electron chi connectivity index (χ2n) is 7.21. The molecule has 2 N–H and O–H groups in total. The van der Waals surface area contributed by atoms with E-state index in [0.29, 0.717) is 11.6 Å². The first-order valence-corrected chi connectivity index (χ1v) is 10.4. The minimum Gasteiger partial charge on any atom is -0.475 e. The molecule has 0 radical (unpaired) electrons. The maximum Gasteiger partial charge on any atom is 0.490 e. The molecule has 0 bridgehead atoms. The van der Waals surface area contributed by atoms with Crippen molar-refractivity contribution in [2.24, 2.45) is 5.92 Å². The number of hydrogen-bond acceptors (Lipinski definition) is 7. The largest absolute Gasteiger partial charge is 0.490 e. The number of aromatic nitrogens is 4. The molecule has 0 aliphatic carbocycles. The van der Waals surface area contributed by atoms with Crippen LogP contribution in [0.25, 0.3) is 10.2 Å². The zero-order valence-corrected chi connectivity index (χ0v) is 17.3. The summed E-state index contributed by atoms with van der Waals surface area (Å²) >= 11 is 1.79. The number of carbonyl (C=O) groups is 1. The van der Waals surface area contributed by atoms with E-state index in [0.717, 1.165) is 31.7 Å². The molecule has 0 saturated carbocycles. The number of alkyl halides is 3. The van der Waals surface area contributed by atoms with Crippen LogP contribution >= 0.6 is 11.3 Å². The van der Waals surface area contributed by atoms with Gasteiger partial charge >= 0.3 is 12.1 Å². The Morgan fingerprint density at radius 2 is 2.03 bits per heavy atom. The average Bonchev–Trinajstić information content (AvgIpc) is 3.34. The highest BCUT2D eigenvalue weighted by Crippen LogP contribution is 2.25. The molecule has 168 valence electrons. The van der Waals surface area contributed by atoms with Crippen molar-refractivity contribution in [3.63, 3.8) is 0 Å². The third-order valence-corrected chi connectivity index (χ3v) is 5.76. The maximum absolute atomic E-state index is 10.6. The van der Waals surface area contributed by atoms with Crippen molar-refractivity contribution in [3.8, 4) is 0 Å². The van der Waals surface area contributed by atoms with Crippen LogP contribution in [0.5, 0.6) is 0 Å². The van der Waals surface area contributed by atoms with Crippen LogP contribution in [0.2, 0.25) is 0 Å². The van der Waals surface area contributed by atoms with E-state index in [-0.39, 0.29) is 6.61 Å². The summed E-state index contributed by atoms with van der Waals surface area (Å²) in [4.78, 5) is 16.1. The molecule has 2 aromatic heterocycles. The topological polar surface area (TPSA) is 104 Å². The Labute approximate surface area is 179 Å². The van der Waals surface area contributed by atoms with Crippen LogP contribution in [0.4, 0.5) is 13.2 Å². The van der Waals surface area contributed by atoms with E-state index in [1.54, 1.807) is 11.3 Å². The van der Waals surface area contributed by atoms with Gasteiger partial charge in [-0.15, -0.1) is 16.4 Å². The van der Waals surface area contributed by atoms with Gasteiger partial charge in [0.25, 0.3) is 0 Å². The molecule has 3 aromatic rings. The minimum atomic E-state index is -5.08. The fraction of sp³-hybridized carbons (Fsp3) is 0.474. The van der Waals surface area contributed by atoms with E-state index in [2.05, 4.69) is 33.4 Å². The molecular formula is C19H22F3N5O3S. The number of hydrogen-bond donors (Lipinski definition) is 2. The van der Waals surface area contributed by atoms with Gasteiger partial charge < -0.3 is 10.2 Å². The van der Waals surface area contributed by atoms with Gasteiger partial charge in [0.15, 0.2) is 0 Å². The summed E-state index contributed by atoms with van der Waals surface area (Å²) in [5, 5.41) is 25.5. The van der Waals surface area contributed by atoms with Crippen molar-refractivity contribution < 1.29 is 28.2 Å². The van der Waals surface area contributed by atoms with Crippen LogP contribution in [0.1, 0.15) is 23.5 Å². The maximum atomic E-state index is 10.6. The van der Waals surface area contributed by atoms with Gasteiger partial charge in [-0.3, -0.25) is 9.58 Å². The summed E-state index contributed by atoms with van der Waals surface area (Å²) in [7, 11) is 0. The Kier molecular flexibility index (Phi) is 7.57. The van der Waals surface area contributed by atoms with Crippen molar-refractivity contribution in [2.75, 3.05) is 13.1 Å². The van der Waals surface area contributed by atoms with E-state index < -0.39 is 12.1 Å². The third-order valence-electron chi connectivity index (χ3n) is 4.74. The summed E-state index contributed by atoms with van der Waals surface area (Å²) in [6.07, 6.45) is -0.825. The van der Waals surface area contributed by atoms with Gasteiger partial charge in [0.1, 0.15) is 10.7 Å². The van der Waals surface area contributed by atoms with Crippen LogP contribution < -0.4 is 0 Å². The lowest BCUT2D eigenvalue weighted by Gasteiger charge is -2.31. The highest BCUT2D eigenvalue weighted by Gasteiger charge is 2.38. The number of aliphatic carboxylic acids is 1. The van der Waals surface area contributed by atoms with Gasteiger partial charge in [0, 0.05) is 13.1 Å². The molecule has 1 aromatic carbocycles. The summed E-state index contributed by atoms with van der Waals surface area (Å²) in [5.41, 5.74) is 1.74. The number of para-hydroxylation sites is 1. The lowest BCUT2D eigenvalue weighted by atomic mass is 9.98. The molecule has 1 saturated heterocycles. The quantitative estimate of drug-likeness (QED) is 0.607. The molecule has 1 fully saturated rings. The van der Waals surface area contributed by atoms with Gasteiger partial charge in [-0.1, -0.05) is 17.3 Å². The number of thiazole rings is 1. The molecule has 8 nitrogen and oxygen atoms in total. The van der Waals surface area contributed by atoms with Crippen molar-refractivity contribution in [1.82, 2.24) is 24.9 Å². The van der Waals surface area contributed by atoms with Gasteiger partial charge in [0.05, 0.1) is 29.6 Å². The highest BCUT2D eigenvalue weighted by molar-refractivity contribution is 7.18. The van der Waals surface area contributed by atoms with Crippen molar-refractivity contribution in [2.45, 2.75) is 38.7 Å². The van der Waals surface area contributed by atoms with Crippen molar-refractivity contribution in [3.05, 3.63) is 41.2 Å². The number of halogens is 3. The molecule has 1 atom stereocenters. The number of likely N-dealkylation sites (tertiary alicyclic amines) is 1. The standard InChI is InChI=1S/C17H21N5OS.C2HF3O2/c23-12-14-10-22(20-19-14)9-13-4-3-7-21(8-13)11-17-18-15-5-1-2-6-16(15)24-17;3-2(4,5)1(6)7/h1-2,5-6,10,13,23H,3-4,7-9,11-12H2;(H,6,7). The molecular weight excluding hydrogens is 435 g/mol. The van der Waals surface area contributed by atoms with Crippen LogP contribution in [0.15, 0.2) is 30.5 Å². The molecule has 1 aliphatic rings. The zero-order valence-electron chi connectivity index (χ0n) is 16.5. The van der Waals surface area contributed by atoms with Gasteiger partial charge in [0.2, 0.25) is 0 Å². The Balaban J connectivity index is 0.000000339. The van der Waals surface area contributed by atoms with Crippen molar-refractivity contribution >= 4 is 27.5 Å². The summed E-state index contributed by atoms with van der Waals surface area (Å²) in [6, 6.07) is 8.33. The molecule has 0 spiro atoms. The average molecular weight is 457 g/mol. The van der Waals surface area contributed by atoms with Crippen LogP contribution in [0, 0.1) is 5.92 Å². The monoisotopic (exact) mass is 457 g/mol. The van der Waals surface area contributed by atoms with Crippen molar-refractivity contribution in [1.29, 1.82) is 0 Å². The normalized spacial score (nSPS) is 17.4. The fourth-order valence-corrected chi connectivity index (χ4v) is 4.40. The van der Waals surface area contributed by atoms with Crippen LogP contribution in [0.3, 0.4) is 0 Å². The Morgan fingerprint density at radius 3 is 2.68 bits per heavy atom. The fourth-order valence-electron chi connectivity index (χ4n) is 3.39. The lowest BCUT2D eigenvalue weighted by molar-refractivity contribution is -0.192. The number of carboxylic acids is 1. The molecule has 31 heavy (non-hydrogen) atoms. The first-order valence-electron chi connectivity index (χ1n) is 9.61. The highest BCUT2D eigenvalue weighted by atomic mass is 32.1. The molecule has 12 heteroatoms. The van der Waals surface area contributed by atoms with Gasteiger partial charge in [-0.05, 0) is 37.4 Å². The number of piperidine rings is 1. The number of fused-ring (bicyclic) bond motifs is 1. The first-order chi connectivity index (χ1) is 14.7. The molecule has 0 amide bonds. The second-order valence-corrected chi connectivity index (χ2v) is 8.33. The SMILES string of the molecule is O=C(O)C(F)(F)F.OCc1cn(CC2CCCN(Cc3nc4ccccc4s3)C2)nn1. The zero-order chi connectivity index (χ0) is 22.4. The number of carboxylic acid groups (broad SMARTS) is 1. The number of benzene rings is 1. The van der Waals surface area contributed by atoms with Gasteiger partial charge in [-0.25, -0.2) is 9.78 Å². The third kappa shape index (κ3) is 6.71. The molecule has 1 aliphatic heterocycles. The number of rotatable bonds is 5. The lowest BCUT2D eigenvalue weighted by Crippen LogP contribution is -2.36. The minimum absolute atomic E-state index is 0.0472. The summed E-state index contributed by atoms with van der Waals surface area (Å²) in [6.45, 7) is 3.93. The van der Waals surface area contributed by atoms with E-state index in [1.165, 1.54) is 22.5 Å². The van der Waals surface area contributed by atoms with E-state index in [9.17, 15) is 13.2 Å². The second kappa shape index (κ2) is 10.2. The van der Waals surface area contributed by atoms with Crippen LogP contribution in [-0.4, -0.2) is 60.3 Å². The summed E-state index contributed by atoms with van der Waals surface area (Å²) < 4.78 is 34.9. The first kappa shape index (κ1) is 23.1. The number of aliphatic hydroxyl groups excluding tert-OH is 1. The Morgan fingerprint density at radius 1 is 1.29 bits per heavy atom. The number of aliphatic hydroxyl groups is 1. The molecule has 3 heterocycles. The van der Waals surface area contributed by atoms with E-state index >= 15 is 0 Å². The van der Waals surface area contributed by atoms with Gasteiger partial charge in [-0.2, -0.15) is 13.2 Å². The Hall–Kier alpha value is -2.57. The predicted molar refractivity (Wildman–Crippen MR) is 107 cm³/mol. The number of nitrogens with zero attached hydrogens (tertiary/aromatic N) is 5. The van der Waals surface area contributed by atoms with Crippen LogP contribution in [-0.2, 0) is 24.5 Å². The summed E-state index contributed by atoms with van der Waals surface area (Å²) in [5.74, 6) is -2.19. The predicted octanol–water partition coefficient (Wildman–Crippen LogP) is 2.93. The van der Waals surface area contributed by atoms with E-state index in [4.69, 9.17) is 20.0 Å². The smallest absolute Gasteiger partial charge is 0.475 e. The Bertz CT molecular complexity index is 974. The molecule has 1 unspecified atom stereocenters. The van der Waals surface area contributed by atoms with E-state index in [1.807, 2.05) is 16.9 Å². The molecule has 4 rings (SSSR count).